The Morgan fingerprint density at radius 1 is 1.47 bits per heavy atom. The fourth-order valence-electron chi connectivity index (χ4n) is 1.01. The first kappa shape index (κ1) is 11.5. The van der Waals surface area contributed by atoms with Crippen LogP contribution in [0.25, 0.3) is 0 Å². The normalized spacial score (nSPS) is 9.87. The number of aromatic nitrogens is 2. The molecule has 0 unspecified atom stereocenters. The highest BCUT2D eigenvalue weighted by molar-refractivity contribution is 6.32. The number of imide groups is 1. The van der Waals surface area contributed by atoms with E-state index in [9.17, 15) is 9.59 Å². The molecule has 0 aliphatic carbocycles. The SMILES string of the molecule is COC(=O)NC(=O)n1nc(C)c(Cl)c1C. The molecular weight excluding hydrogens is 222 g/mol. The first-order valence-corrected chi connectivity index (χ1v) is 4.46. The molecule has 1 aromatic heterocycles. The van der Waals surface area contributed by atoms with Crippen molar-refractivity contribution < 1.29 is 14.3 Å². The Bertz CT molecular complexity index is 414. The zero-order valence-electron chi connectivity index (χ0n) is 8.50. The van der Waals surface area contributed by atoms with Gasteiger partial charge in [-0.05, 0) is 13.8 Å². The predicted molar refractivity (Wildman–Crippen MR) is 53.0 cm³/mol. The molecule has 0 fully saturated rings. The zero-order valence-corrected chi connectivity index (χ0v) is 9.25. The molecule has 2 amide bonds. The summed E-state index contributed by atoms with van der Waals surface area (Å²) >= 11 is 5.83. The lowest BCUT2D eigenvalue weighted by Crippen LogP contribution is -2.35. The average molecular weight is 232 g/mol. The minimum absolute atomic E-state index is 0.398. The third-order valence-electron chi connectivity index (χ3n) is 1.79. The van der Waals surface area contributed by atoms with Gasteiger partial charge in [0, 0.05) is 0 Å². The first-order valence-electron chi connectivity index (χ1n) is 4.08. The van der Waals surface area contributed by atoms with Crippen molar-refractivity contribution in [3.05, 3.63) is 16.4 Å². The van der Waals surface area contributed by atoms with Gasteiger partial charge in [0.1, 0.15) is 0 Å². The van der Waals surface area contributed by atoms with E-state index in [-0.39, 0.29) is 0 Å². The minimum atomic E-state index is -0.844. The number of aryl methyl sites for hydroxylation is 1. The van der Waals surface area contributed by atoms with Crippen molar-refractivity contribution in [3.8, 4) is 0 Å². The van der Waals surface area contributed by atoms with Crippen molar-refractivity contribution in [2.75, 3.05) is 7.11 Å². The number of carbonyl (C=O) groups excluding carboxylic acids is 2. The van der Waals surface area contributed by atoms with Gasteiger partial charge in [0.2, 0.25) is 0 Å². The number of carbonyl (C=O) groups is 2. The molecule has 0 spiro atoms. The van der Waals surface area contributed by atoms with Crippen LogP contribution in [0.2, 0.25) is 5.02 Å². The molecule has 0 bridgehead atoms. The summed E-state index contributed by atoms with van der Waals surface area (Å²) in [5.41, 5.74) is 0.991. The van der Waals surface area contributed by atoms with Crippen LogP contribution in [-0.4, -0.2) is 29.0 Å². The zero-order chi connectivity index (χ0) is 11.6. The molecule has 6 nitrogen and oxygen atoms in total. The molecule has 1 aromatic rings. The standard InChI is InChI=1S/C8H10ClN3O3/c1-4-6(9)5(2)12(11-4)7(13)10-8(14)15-3/h1-3H3,(H,10,13,14). The molecule has 0 aromatic carbocycles. The Morgan fingerprint density at radius 3 is 2.47 bits per heavy atom. The number of nitrogens with one attached hydrogen (secondary N) is 1. The number of nitrogens with zero attached hydrogens (tertiary/aromatic N) is 2. The van der Waals surface area contributed by atoms with Gasteiger partial charge in [0.05, 0.1) is 23.5 Å². The maximum Gasteiger partial charge on any atom is 0.415 e. The molecule has 82 valence electrons. The summed E-state index contributed by atoms with van der Waals surface area (Å²) in [5.74, 6) is 0. The number of hydrogen-bond donors (Lipinski definition) is 1. The molecule has 0 radical (unpaired) electrons. The summed E-state index contributed by atoms with van der Waals surface area (Å²) in [4.78, 5) is 22.2. The van der Waals surface area contributed by atoms with E-state index in [1.54, 1.807) is 13.8 Å². The lowest BCUT2D eigenvalue weighted by molar-refractivity contribution is 0.170. The van der Waals surface area contributed by atoms with Crippen molar-refractivity contribution in [2.24, 2.45) is 0 Å². The van der Waals surface area contributed by atoms with Crippen LogP contribution in [0.1, 0.15) is 11.4 Å². The largest absolute Gasteiger partial charge is 0.453 e. The molecule has 0 saturated heterocycles. The molecule has 0 saturated carbocycles. The molecular formula is C8H10ClN3O3. The van der Waals surface area contributed by atoms with Crippen LogP contribution in [0.15, 0.2) is 0 Å². The van der Waals surface area contributed by atoms with E-state index in [0.717, 1.165) is 11.8 Å². The molecule has 0 atom stereocenters. The van der Waals surface area contributed by atoms with Gasteiger partial charge in [0.25, 0.3) is 0 Å². The minimum Gasteiger partial charge on any atom is -0.453 e. The summed E-state index contributed by atoms with van der Waals surface area (Å²) < 4.78 is 5.28. The number of methoxy groups -OCH3 is 1. The van der Waals surface area contributed by atoms with E-state index in [0.29, 0.717) is 16.4 Å². The maximum absolute atomic E-state index is 11.4. The quantitative estimate of drug-likeness (QED) is 0.734. The molecule has 15 heavy (non-hydrogen) atoms. The van der Waals surface area contributed by atoms with Crippen LogP contribution >= 0.6 is 11.6 Å². The Hall–Kier alpha value is -1.56. The van der Waals surface area contributed by atoms with Crippen molar-refractivity contribution in [1.29, 1.82) is 0 Å². The van der Waals surface area contributed by atoms with E-state index in [2.05, 4.69) is 9.84 Å². The highest BCUT2D eigenvalue weighted by Crippen LogP contribution is 2.18. The van der Waals surface area contributed by atoms with E-state index < -0.39 is 12.1 Å². The van der Waals surface area contributed by atoms with Gasteiger partial charge in [-0.3, -0.25) is 0 Å². The molecule has 1 N–H and O–H groups in total. The van der Waals surface area contributed by atoms with Gasteiger partial charge in [-0.2, -0.15) is 9.78 Å². The van der Waals surface area contributed by atoms with Crippen LogP contribution in [-0.2, 0) is 4.74 Å². The van der Waals surface area contributed by atoms with E-state index in [4.69, 9.17) is 11.6 Å². The summed E-state index contributed by atoms with van der Waals surface area (Å²) in [7, 11) is 1.16. The second kappa shape index (κ2) is 4.31. The lowest BCUT2D eigenvalue weighted by atomic mass is 10.4. The number of hydrogen-bond acceptors (Lipinski definition) is 4. The summed E-state index contributed by atoms with van der Waals surface area (Å²) in [5, 5.41) is 6.23. The Labute approximate surface area is 91.2 Å². The van der Waals surface area contributed by atoms with Gasteiger partial charge in [-0.15, -0.1) is 0 Å². The van der Waals surface area contributed by atoms with Crippen molar-refractivity contribution in [1.82, 2.24) is 15.1 Å². The number of halogens is 1. The highest BCUT2D eigenvalue weighted by atomic mass is 35.5. The smallest absolute Gasteiger partial charge is 0.415 e. The third kappa shape index (κ3) is 2.27. The molecule has 7 heteroatoms. The monoisotopic (exact) mass is 231 g/mol. The lowest BCUT2D eigenvalue weighted by Gasteiger charge is -2.03. The van der Waals surface area contributed by atoms with Gasteiger partial charge >= 0.3 is 12.1 Å². The summed E-state index contributed by atoms with van der Waals surface area (Å²) in [6.07, 6.45) is -0.844. The van der Waals surface area contributed by atoms with E-state index >= 15 is 0 Å². The fraction of sp³-hybridized carbons (Fsp3) is 0.375. The topological polar surface area (TPSA) is 73.2 Å². The van der Waals surface area contributed by atoms with Crippen molar-refractivity contribution in [3.63, 3.8) is 0 Å². The van der Waals surface area contributed by atoms with Gasteiger partial charge in [-0.25, -0.2) is 14.9 Å². The van der Waals surface area contributed by atoms with Crippen molar-refractivity contribution in [2.45, 2.75) is 13.8 Å². The van der Waals surface area contributed by atoms with Crippen molar-refractivity contribution >= 4 is 23.7 Å². The van der Waals surface area contributed by atoms with Gasteiger partial charge in [0.15, 0.2) is 0 Å². The number of alkyl carbamates (subject to hydrolysis) is 1. The second-order valence-corrected chi connectivity index (χ2v) is 3.20. The molecule has 0 aliphatic rings. The molecule has 1 rings (SSSR count). The molecule has 1 heterocycles. The van der Waals surface area contributed by atoms with Gasteiger partial charge < -0.3 is 4.74 Å². The highest BCUT2D eigenvalue weighted by Gasteiger charge is 2.16. The van der Waals surface area contributed by atoms with Crippen LogP contribution in [0, 0.1) is 13.8 Å². The molecule has 0 aliphatic heterocycles. The van der Waals surface area contributed by atoms with Crippen LogP contribution in [0.5, 0.6) is 0 Å². The first-order chi connectivity index (χ1) is 6.97. The Kier molecular flexibility index (Phi) is 3.31. The predicted octanol–water partition coefficient (Wildman–Crippen LogP) is 1.48. The van der Waals surface area contributed by atoms with Crippen LogP contribution < -0.4 is 5.32 Å². The Morgan fingerprint density at radius 2 is 2.07 bits per heavy atom. The fourth-order valence-corrected chi connectivity index (χ4v) is 1.13. The van der Waals surface area contributed by atoms with Crippen LogP contribution in [0.4, 0.5) is 9.59 Å². The summed E-state index contributed by atoms with van der Waals surface area (Å²) in [6.45, 7) is 3.29. The number of rotatable bonds is 0. The number of ether oxygens (including phenoxy) is 1. The maximum atomic E-state index is 11.4. The second-order valence-electron chi connectivity index (χ2n) is 2.82. The van der Waals surface area contributed by atoms with E-state index in [1.165, 1.54) is 0 Å². The van der Waals surface area contributed by atoms with E-state index in [1.807, 2.05) is 5.32 Å². The number of amides is 2. The van der Waals surface area contributed by atoms with Gasteiger partial charge in [-0.1, -0.05) is 11.6 Å². The van der Waals surface area contributed by atoms with Crippen LogP contribution in [0.3, 0.4) is 0 Å². The third-order valence-corrected chi connectivity index (χ3v) is 2.34. The Balaban J connectivity index is 2.92. The average Bonchev–Trinajstić information content (AvgIpc) is 2.45. The summed E-state index contributed by atoms with van der Waals surface area (Å²) in [6, 6.07) is -0.700.